The zero-order valence-electron chi connectivity index (χ0n) is 14.4. The van der Waals surface area contributed by atoms with E-state index >= 15 is 0 Å². The molecular weight excluding hydrogens is 350 g/mol. The smallest absolute Gasteiger partial charge is 0.277 e. The number of nitrogens with zero attached hydrogens (tertiary/aromatic N) is 2. The standard InChI is InChI=1S/C18H19N5O4/c24-17(12-27-16-8-4-7-15(9-16)23(25)26)21-19-10-14-11-20-22-18(14)13-5-2-1-3-6-13/h1-10,14,18,20,22H,11-12H2,(H,21,24)/b19-10+. The fraction of sp³-hybridized carbons (Fsp3) is 0.222. The van der Waals surface area contributed by atoms with Crippen LogP contribution in [0.3, 0.4) is 0 Å². The fourth-order valence-corrected chi connectivity index (χ4v) is 2.71. The molecule has 0 radical (unpaired) electrons. The van der Waals surface area contributed by atoms with E-state index in [0.29, 0.717) is 6.54 Å². The lowest BCUT2D eigenvalue weighted by Gasteiger charge is -2.14. The molecular formula is C18H19N5O4. The van der Waals surface area contributed by atoms with Gasteiger partial charge in [0.2, 0.25) is 0 Å². The molecule has 27 heavy (non-hydrogen) atoms. The summed E-state index contributed by atoms with van der Waals surface area (Å²) in [7, 11) is 0. The van der Waals surface area contributed by atoms with Gasteiger partial charge in [0.1, 0.15) is 5.75 Å². The largest absolute Gasteiger partial charge is 0.483 e. The highest BCUT2D eigenvalue weighted by Gasteiger charge is 2.26. The van der Waals surface area contributed by atoms with Crippen LogP contribution in [0, 0.1) is 16.0 Å². The topological polar surface area (TPSA) is 118 Å². The van der Waals surface area contributed by atoms with E-state index in [1.807, 2.05) is 30.3 Å². The summed E-state index contributed by atoms with van der Waals surface area (Å²) < 4.78 is 5.26. The van der Waals surface area contributed by atoms with Crippen molar-refractivity contribution in [3.63, 3.8) is 0 Å². The number of hydrazine groups is 1. The Bertz CT molecular complexity index is 828. The van der Waals surface area contributed by atoms with Crippen LogP contribution in [0.2, 0.25) is 0 Å². The number of benzene rings is 2. The van der Waals surface area contributed by atoms with Gasteiger partial charge in [-0.1, -0.05) is 36.4 Å². The highest BCUT2D eigenvalue weighted by molar-refractivity contribution is 5.78. The van der Waals surface area contributed by atoms with E-state index in [-0.39, 0.29) is 30.0 Å². The summed E-state index contributed by atoms with van der Waals surface area (Å²) in [6.07, 6.45) is 1.68. The van der Waals surface area contributed by atoms with Crippen LogP contribution in [0.5, 0.6) is 5.75 Å². The number of rotatable bonds is 7. The molecule has 2 unspecified atom stereocenters. The maximum Gasteiger partial charge on any atom is 0.277 e. The van der Waals surface area contributed by atoms with Crippen molar-refractivity contribution < 1.29 is 14.5 Å². The van der Waals surface area contributed by atoms with Crippen molar-refractivity contribution in [3.8, 4) is 5.75 Å². The summed E-state index contributed by atoms with van der Waals surface area (Å²) in [4.78, 5) is 22.1. The van der Waals surface area contributed by atoms with Crippen molar-refractivity contribution in [1.82, 2.24) is 16.3 Å². The Labute approximate surface area is 155 Å². The van der Waals surface area contributed by atoms with Crippen molar-refractivity contribution in [2.45, 2.75) is 6.04 Å². The lowest BCUT2D eigenvalue weighted by Crippen LogP contribution is -2.26. The molecule has 1 saturated heterocycles. The molecule has 9 nitrogen and oxygen atoms in total. The molecule has 2 atom stereocenters. The number of nitrogens with one attached hydrogen (secondary N) is 3. The van der Waals surface area contributed by atoms with Crippen molar-refractivity contribution in [1.29, 1.82) is 0 Å². The first-order valence-electron chi connectivity index (χ1n) is 8.36. The maximum atomic E-state index is 11.8. The Hall–Kier alpha value is -3.30. The molecule has 2 aromatic carbocycles. The lowest BCUT2D eigenvalue weighted by atomic mass is 9.96. The highest BCUT2D eigenvalue weighted by atomic mass is 16.6. The van der Waals surface area contributed by atoms with Crippen molar-refractivity contribution in [3.05, 3.63) is 70.3 Å². The third-order valence-corrected chi connectivity index (χ3v) is 4.04. The molecule has 3 N–H and O–H groups in total. The quantitative estimate of drug-likeness (QED) is 0.387. The Balaban J connectivity index is 1.48. The number of nitro benzene ring substituents is 1. The molecule has 0 spiro atoms. The third-order valence-electron chi connectivity index (χ3n) is 4.04. The molecule has 1 amide bonds. The number of hydrazone groups is 1. The first-order chi connectivity index (χ1) is 13.1. The van der Waals surface area contributed by atoms with E-state index < -0.39 is 10.8 Å². The van der Waals surface area contributed by atoms with Crippen LogP contribution in [0.4, 0.5) is 5.69 Å². The minimum atomic E-state index is -0.524. The van der Waals surface area contributed by atoms with Crippen molar-refractivity contribution in [2.24, 2.45) is 11.0 Å². The Morgan fingerprint density at radius 2 is 2.11 bits per heavy atom. The average Bonchev–Trinajstić information content (AvgIpc) is 3.16. The zero-order chi connectivity index (χ0) is 19.1. The molecule has 2 aromatic rings. The van der Waals surface area contributed by atoms with Gasteiger partial charge in [-0.3, -0.25) is 20.3 Å². The van der Waals surface area contributed by atoms with Gasteiger partial charge in [0.05, 0.1) is 17.0 Å². The molecule has 1 aliphatic rings. The number of non-ortho nitro benzene ring substituents is 1. The average molecular weight is 369 g/mol. The van der Waals surface area contributed by atoms with Crippen LogP contribution in [0.15, 0.2) is 59.7 Å². The lowest BCUT2D eigenvalue weighted by molar-refractivity contribution is -0.384. The van der Waals surface area contributed by atoms with Gasteiger partial charge in [0.25, 0.3) is 11.6 Å². The van der Waals surface area contributed by atoms with Gasteiger partial charge in [-0.2, -0.15) is 5.10 Å². The van der Waals surface area contributed by atoms with Crippen LogP contribution in [-0.2, 0) is 4.79 Å². The molecule has 1 aliphatic heterocycles. The normalized spacial score (nSPS) is 19.1. The van der Waals surface area contributed by atoms with E-state index in [9.17, 15) is 14.9 Å². The van der Waals surface area contributed by atoms with Crippen LogP contribution >= 0.6 is 0 Å². The molecule has 0 saturated carbocycles. The molecule has 0 bridgehead atoms. The van der Waals surface area contributed by atoms with E-state index in [2.05, 4.69) is 21.4 Å². The van der Waals surface area contributed by atoms with Crippen LogP contribution < -0.4 is 21.0 Å². The Morgan fingerprint density at radius 3 is 2.89 bits per heavy atom. The van der Waals surface area contributed by atoms with E-state index in [1.54, 1.807) is 12.3 Å². The van der Waals surface area contributed by atoms with Crippen LogP contribution in [0.25, 0.3) is 0 Å². The fourth-order valence-electron chi connectivity index (χ4n) is 2.71. The number of hydrogen-bond acceptors (Lipinski definition) is 7. The third kappa shape index (κ3) is 5.09. The zero-order valence-corrected chi connectivity index (χ0v) is 14.4. The minimum absolute atomic E-state index is 0.0629. The van der Waals surface area contributed by atoms with Gasteiger partial charge in [-0.25, -0.2) is 10.9 Å². The van der Waals surface area contributed by atoms with Gasteiger partial charge in [-0.15, -0.1) is 0 Å². The molecule has 1 fully saturated rings. The van der Waals surface area contributed by atoms with Crippen molar-refractivity contribution >= 4 is 17.8 Å². The van der Waals surface area contributed by atoms with Crippen molar-refractivity contribution in [2.75, 3.05) is 13.2 Å². The molecule has 9 heteroatoms. The number of nitro groups is 1. The molecule has 0 aliphatic carbocycles. The van der Waals surface area contributed by atoms with Gasteiger partial charge in [0, 0.05) is 24.7 Å². The number of hydrogen-bond donors (Lipinski definition) is 3. The molecule has 1 heterocycles. The van der Waals surface area contributed by atoms with E-state index in [1.165, 1.54) is 18.2 Å². The summed E-state index contributed by atoms with van der Waals surface area (Å²) in [5, 5.41) is 14.7. The summed E-state index contributed by atoms with van der Waals surface area (Å²) in [5.74, 6) is -0.130. The summed E-state index contributed by atoms with van der Waals surface area (Å²) in [6.45, 7) is 0.394. The molecule has 3 rings (SSSR count). The van der Waals surface area contributed by atoms with Gasteiger partial charge < -0.3 is 4.74 Å². The van der Waals surface area contributed by atoms with E-state index in [0.717, 1.165) is 5.56 Å². The second-order valence-electron chi connectivity index (χ2n) is 5.93. The van der Waals surface area contributed by atoms with Gasteiger partial charge in [-0.05, 0) is 11.6 Å². The summed E-state index contributed by atoms with van der Waals surface area (Å²) >= 11 is 0. The van der Waals surface area contributed by atoms with Crippen LogP contribution in [0.1, 0.15) is 11.6 Å². The SMILES string of the molecule is O=C(COc1cccc([N+](=O)[O-])c1)N/N=C/C1CNNC1c1ccccc1. The first-order valence-corrected chi connectivity index (χ1v) is 8.36. The van der Waals surface area contributed by atoms with Gasteiger partial charge in [0.15, 0.2) is 6.61 Å². The molecule has 140 valence electrons. The van der Waals surface area contributed by atoms with E-state index in [4.69, 9.17) is 4.74 Å². The second kappa shape index (κ2) is 8.88. The predicted molar refractivity (Wildman–Crippen MR) is 99.0 cm³/mol. The monoisotopic (exact) mass is 369 g/mol. The number of carbonyl (C=O) groups excluding carboxylic acids is 1. The minimum Gasteiger partial charge on any atom is -0.483 e. The Morgan fingerprint density at radius 1 is 1.30 bits per heavy atom. The highest BCUT2D eigenvalue weighted by Crippen LogP contribution is 2.23. The second-order valence-corrected chi connectivity index (χ2v) is 5.93. The van der Waals surface area contributed by atoms with Crippen LogP contribution in [-0.4, -0.2) is 30.2 Å². The maximum absolute atomic E-state index is 11.8. The van der Waals surface area contributed by atoms with Gasteiger partial charge >= 0.3 is 0 Å². The number of carbonyl (C=O) groups is 1. The summed E-state index contributed by atoms with van der Waals surface area (Å²) in [6, 6.07) is 15.7. The first kappa shape index (κ1) is 18.5. The summed E-state index contributed by atoms with van der Waals surface area (Å²) in [5.41, 5.74) is 9.71. The Kier molecular flexibility index (Phi) is 6.08. The molecule has 0 aromatic heterocycles. The number of amides is 1. The predicted octanol–water partition coefficient (Wildman–Crippen LogP) is 1.54. The number of ether oxygens (including phenoxy) is 1.